The topological polar surface area (TPSA) is 80.4 Å². The molecule has 1 aromatic carbocycles. The van der Waals surface area contributed by atoms with Crippen molar-refractivity contribution in [2.24, 2.45) is 0 Å². The Balaban J connectivity index is 1.90. The largest absolute Gasteiger partial charge is 0.487 e. The third-order valence-corrected chi connectivity index (χ3v) is 2.57. The van der Waals surface area contributed by atoms with Gasteiger partial charge < -0.3 is 14.9 Å². The molecule has 2 aromatic rings. The molecule has 102 valence electrons. The molecule has 2 N–H and O–H groups in total. The fourth-order valence-electron chi connectivity index (χ4n) is 1.63. The second-order valence-electron chi connectivity index (χ2n) is 4.37. The van der Waals surface area contributed by atoms with E-state index in [9.17, 15) is 5.11 Å². The molecule has 0 aliphatic carbocycles. The van der Waals surface area contributed by atoms with E-state index in [4.69, 9.17) is 9.84 Å². The summed E-state index contributed by atoms with van der Waals surface area (Å²) in [5.41, 5.74) is 1.80. The molecule has 0 saturated carbocycles. The third-order valence-electron chi connectivity index (χ3n) is 2.57. The summed E-state index contributed by atoms with van der Waals surface area (Å²) in [7, 11) is 0. The van der Waals surface area contributed by atoms with Crippen molar-refractivity contribution in [3.63, 3.8) is 0 Å². The number of aromatic nitrogens is 3. The van der Waals surface area contributed by atoms with Crippen molar-refractivity contribution in [1.29, 1.82) is 0 Å². The zero-order valence-electron chi connectivity index (χ0n) is 10.7. The molecule has 0 radical (unpaired) electrons. The zero-order chi connectivity index (χ0) is 13.7. The first kappa shape index (κ1) is 13.5. The van der Waals surface area contributed by atoms with Gasteiger partial charge in [0.2, 0.25) is 0 Å². The Kier molecular flexibility index (Phi) is 4.48. The van der Waals surface area contributed by atoms with Crippen molar-refractivity contribution in [2.45, 2.75) is 26.2 Å². The van der Waals surface area contributed by atoms with Gasteiger partial charge in [-0.25, -0.2) is 4.68 Å². The first-order chi connectivity index (χ1) is 9.17. The minimum atomic E-state index is -0.827. The van der Waals surface area contributed by atoms with Crippen molar-refractivity contribution in [3.05, 3.63) is 41.7 Å². The highest BCUT2D eigenvalue weighted by atomic mass is 16.5. The van der Waals surface area contributed by atoms with Gasteiger partial charge in [-0.15, -0.1) is 5.10 Å². The smallest absolute Gasteiger partial charge is 0.134 e. The monoisotopic (exact) mass is 263 g/mol. The minimum absolute atomic E-state index is 0.216. The summed E-state index contributed by atoms with van der Waals surface area (Å²) in [6.45, 7) is 2.24. The lowest BCUT2D eigenvalue weighted by molar-refractivity contribution is 0.0778. The van der Waals surface area contributed by atoms with Gasteiger partial charge in [0.05, 0.1) is 25.5 Å². The molecule has 19 heavy (non-hydrogen) atoms. The molecule has 0 spiro atoms. The molecular weight excluding hydrogens is 246 g/mol. The van der Waals surface area contributed by atoms with Crippen LogP contribution in [0.4, 0.5) is 0 Å². The second kappa shape index (κ2) is 6.31. The second-order valence-corrected chi connectivity index (χ2v) is 4.37. The van der Waals surface area contributed by atoms with E-state index < -0.39 is 6.10 Å². The van der Waals surface area contributed by atoms with E-state index in [0.29, 0.717) is 12.3 Å². The van der Waals surface area contributed by atoms with Crippen LogP contribution in [0.5, 0.6) is 5.75 Å². The molecule has 1 aromatic heterocycles. The van der Waals surface area contributed by atoms with Crippen LogP contribution in [0.1, 0.15) is 11.3 Å². The first-order valence-electron chi connectivity index (χ1n) is 6.05. The quantitative estimate of drug-likeness (QED) is 0.794. The molecule has 0 saturated heterocycles. The Bertz CT molecular complexity index is 527. The van der Waals surface area contributed by atoms with E-state index in [0.717, 1.165) is 11.3 Å². The van der Waals surface area contributed by atoms with Crippen LogP contribution in [-0.2, 0) is 13.2 Å². The predicted octanol–water partition coefficient (Wildman–Crippen LogP) is 0.519. The average molecular weight is 263 g/mol. The van der Waals surface area contributed by atoms with Crippen LogP contribution in [-0.4, -0.2) is 37.9 Å². The first-order valence-corrected chi connectivity index (χ1v) is 6.05. The summed E-state index contributed by atoms with van der Waals surface area (Å²) in [4.78, 5) is 0. The molecule has 1 heterocycles. The number of hydrogen-bond acceptors (Lipinski definition) is 5. The Morgan fingerprint density at radius 3 is 3.00 bits per heavy atom. The Hall–Kier alpha value is -1.92. The number of benzene rings is 1. The summed E-state index contributed by atoms with van der Waals surface area (Å²) < 4.78 is 7.07. The summed E-state index contributed by atoms with van der Waals surface area (Å²) in [6.07, 6.45) is 0.863. The fraction of sp³-hybridized carbons (Fsp3) is 0.385. The third kappa shape index (κ3) is 4.04. The maximum absolute atomic E-state index is 9.29. The Morgan fingerprint density at radius 2 is 2.26 bits per heavy atom. The summed E-state index contributed by atoms with van der Waals surface area (Å²) in [6, 6.07) is 7.76. The molecule has 2 rings (SSSR count). The summed E-state index contributed by atoms with van der Waals surface area (Å²) in [5, 5.41) is 25.8. The Labute approximate surface area is 111 Å². The minimum Gasteiger partial charge on any atom is -0.487 e. The highest BCUT2D eigenvalue weighted by molar-refractivity contribution is 5.27. The van der Waals surface area contributed by atoms with Crippen LogP contribution in [0.15, 0.2) is 30.5 Å². The highest BCUT2D eigenvalue weighted by Crippen LogP contribution is 2.13. The normalized spacial score (nSPS) is 12.4. The van der Waals surface area contributed by atoms with E-state index >= 15 is 0 Å². The number of aliphatic hydroxyl groups excluding tert-OH is 2. The lowest BCUT2D eigenvalue weighted by Crippen LogP contribution is -2.20. The number of nitrogens with zero attached hydrogens (tertiary/aromatic N) is 3. The lowest BCUT2D eigenvalue weighted by atomic mass is 10.2. The van der Waals surface area contributed by atoms with Gasteiger partial charge in [-0.3, -0.25) is 0 Å². The molecule has 0 aliphatic rings. The molecular formula is C13H17N3O3. The van der Waals surface area contributed by atoms with E-state index in [1.807, 2.05) is 31.2 Å². The summed E-state index contributed by atoms with van der Waals surface area (Å²) in [5.74, 6) is 0.782. The number of rotatable bonds is 6. The number of aryl methyl sites for hydroxylation is 1. The van der Waals surface area contributed by atoms with Crippen LogP contribution < -0.4 is 4.74 Å². The number of hydrogen-bond donors (Lipinski definition) is 2. The molecule has 0 amide bonds. The summed E-state index contributed by atoms with van der Waals surface area (Å²) >= 11 is 0. The molecule has 6 nitrogen and oxygen atoms in total. The predicted molar refractivity (Wildman–Crippen MR) is 68.6 cm³/mol. The molecule has 0 aliphatic heterocycles. The van der Waals surface area contributed by atoms with Gasteiger partial charge in [-0.1, -0.05) is 17.3 Å². The van der Waals surface area contributed by atoms with Crippen molar-refractivity contribution in [1.82, 2.24) is 15.0 Å². The fourth-order valence-corrected chi connectivity index (χ4v) is 1.63. The van der Waals surface area contributed by atoms with E-state index in [1.54, 1.807) is 6.20 Å². The van der Waals surface area contributed by atoms with Gasteiger partial charge in [0.1, 0.15) is 18.1 Å². The van der Waals surface area contributed by atoms with Crippen LogP contribution in [0.2, 0.25) is 0 Å². The Morgan fingerprint density at radius 1 is 1.42 bits per heavy atom. The average Bonchev–Trinajstić information content (AvgIpc) is 2.84. The van der Waals surface area contributed by atoms with Crippen LogP contribution in [0.25, 0.3) is 0 Å². The van der Waals surface area contributed by atoms with Gasteiger partial charge >= 0.3 is 0 Å². The number of aliphatic hydroxyl groups is 2. The lowest BCUT2D eigenvalue weighted by Gasteiger charge is -2.05. The highest BCUT2D eigenvalue weighted by Gasteiger charge is 2.06. The van der Waals surface area contributed by atoms with Crippen LogP contribution in [0.3, 0.4) is 0 Å². The van der Waals surface area contributed by atoms with Gasteiger partial charge in [-0.2, -0.15) is 0 Å². The van der Waals surface area contributed by atoms with Gasteiger partial charge in [0.15, 0.2) is 0 Å². The SMILES string of the molecule is Cc1cccc(OCc2cn(C[C@@H](O)CO)nn2)c1. The molecule has 6 heteroatoms. The molecule has 1 atom stereocenters. The van der Waals surface area contributed by atoms with Crippen molar-refractivity contribution in [2.75, 3.05) is 6.61 Å². The molecule has 0 unspecified atom stereocenters. The van der Waals surface area contributed by atoms with E-state index in [-0.39, 0.29) is 13.2 Å². The maximum atomic E-state index is 9.29. The molecule has 0 bridgehead atoms. The van der Waals surface area contributed by atoms with E-state index in [2.05, 4.69) is 10.3 Å². The molecule has 0 fully saturated rings. The maximum Gasteiger partial charge on any atom is 0.134 e. The van der Waals surface area contributed by atoms with Gasteiger partial charge in [0.25, 0.3) is 0 Å². The van der Waals surface area contributed by atoms with E-state index in [1.165, 1.54) is 4.68 Å². The van der Waals surface area contributed by atoms with Crippen LogP contribution in [0, 0.1) is 6.92 Å². The zero-order valence-corrected chi connectivity index (χ0v) is 10.7. The standard InChI is InChI=1S/C13H17N3O3/c1-10-3-2-4-13(5-10)19-9-11-6-16(15-14-11)7-12(18)8-17/h2-6,12,17-18H,7-9H2,1H3/t12-/m1/s1. The van der Waals surface area contributed by atoms with Crippen molar-refractivity contribution >= 4 is 0 Å². The van der Waals surface area contributed by atoms with Crippen molar-refractivity contribution in [3.8, 4) is 5.75 Å². The van der Waals surface area contributed by atoms with Gasteiger partial charge in [-0.05, 0) is 24.6 Å². The van der Waals surface area contributed by atoms with Gasteiger partial charge in [0, 0.05) is 0 Å². The van der Waals surface area contributed by atoms with Crippen molar-refractivity contribution < 1.29 is 14.9 Å². The van der Waals surface area contributed by atoms with Crippen LogP contribution >= 0.6 is 0 Å². The number of ether oxygens (including phenoxy) is 1.